The maximum absolute atomic E-state index is 6.32. The zero-order valence-electron chi connectivity index (χ0n) is 37.8. The topological polar surface area (TPSA) is 22.3 Å². The number of hydrogen-bond donors (Lipinski definition) is 0. The van der Waals surface area contributed by atoms with Crippen LogP contribution in [0.1, 0.15) is 16.7 Å². The molecule has 0 saturated heterocycles. The van der Waals surface area contributed by atoms with Gasteiger partial charge in [-0.25, -0.2) is 0 Å². The second kappa shape index (κ2) is 18.1. The molecule has 12 rings (SSSR count). The van der Waals surface area contributed by atoms with Crippen LogP contribution in [-0.4, -0.2) is 9.13 Å². The highest BCUT2D eigenvalue weighted by atomic mass is 79.9. The van der Waals surface area contributed by atoms with Crippen LogP contribution in [0, 0.1) is 0 Å². The fraction of sp³-hybridized carbons (Fsp3) is 0.0312. The van der Waals surface area contributed by atoms with E-state index in [0.717, 1.165) is 49.6 Å². The van der Waals surface area contributed by atoms with Gasteiger partial charge in [-0.1, -0.05) is 156 Å². The third-order valence-electron chi connectivity index (χ3n) is 13.3. The Labute approximate surface area is 410 Å². The van der Waals surface area contributed by atoms with Gasteiger partial charge >= 0.3 is 0 Å². The van der Waals surface area contributed by atoms with Crippen molar-refractivity contribution in [2.24, 2.45) is 0 Å². The van der Waals surface area contributed by atoms with Crippen LogP contribution in [0.4, 0.5) is 17.1 Å². The molecule has 0 amide bonds. The number of aromatic nitrogens is 2. The van der Waals surface area contributed by atoms with Crippen LogP contribution in [0.3, 0.4) is 0 Å². The Bertz CT molecular complexity index is 3800. The summed E-state index contributed by atoms with van der Waals surface area (Å²) in [5.41, 5.74) is 18.4. The maximum atomic E-state index is 6.32. The molecule has 0 atom stereocenters. The normalized spacial score (nSPS) is 11.5. The minimum atomic E-state index is 0.523. The van der Waals surface area contributed by atoms with Gasteiger partial charge in [0.1, 0.15) is 0 Å². The van der Waals surface area contributed by atoms with E-state index in [1.165, 1.54) is 65.9 Å². The first-order valence-corrected chi connectivity index (χ1v) is 24.1. The average molecular weight is 953 g/mol. The summed E-state index contributed by atoms with van der Waals surface area (Å²) in [6.07, 6.45) is 1.88. The molecule has 2 aromatic heterocycles. The molecular weight excluding hydrogens is 907 g/mol. The second-order valence-electron chi connectivity index (χ2n) is 17.5. The molecule has 0 radical (unpaired) electrons. The zero-order valence-corrected chi connectivity index (χ0v) is 39.4. The first-order chi connectivity index (χ1) is 34.1. The molecule has 69 heavy (non-hydrogen) atoms. The lowest BCUT2D eigenvalue weighted by Crippen LogP contribution is -2.09. The van der Waals surface area contributed by atoms with Crippen molar-refractivity contribution in [3.05, 3.63) is 264 Å². The molecule has 0 saturated carbocycles. The third kappa shape index (κ3) is 8.02. The molecule has 12 aromatic rings. The van der Waals surface area contributed by atoms with Crippen molar-refractivity contribution < 1.29 is 4.74 Å². The first kappa shape index (κ1) is 42.2. The van der Waals surface area contributed by atoms with Crippen LogP contribution in [0.5, 0.6) is 0 Å². The Balaban J connectivity index is 0.757. The Morgan fingerprint density at radius 3 is 1.29 bits per heavy atom. The summed E-state index contributed by atoms with van der Waals surface area (Å²) in [5, 5.41) is 4.94. The second-order valence-corrected chi connectivity index (χ2v) is 18.4. The van der Waals surface area contributed by atoms with Crippen molar-refractivity contribution >= 4 is 82.7 Å². The van der Waals surface area contributed by atoms with E-state index in [9.17, 15) is 0 Å². The molecule has 0 N–H and O–H groups in total. The summed E-state index contributed by atoms with van der Waals surface area (Å²) in [5.74, 6) is 0. The molecule has 2 heterocycles. The molecule has 0 aliphatic carbocycles. The third-order valence-corrected chi connectivity index (χ3v) is 13.8. The van der Waals surface area contributed by atoms with Gasteiger partial charge in [-0.3, -0.25) is 0 Å². The van der Waals surface area contributed by atoms with Gasteiger partial charge in [0.05, 0.1) is 35.3 Å². The highest BCUT2D eigenvalue weighted by Gasteiger charge is 2.17. The number of nitrogens with zero attached hydrogens (tertiary/aromatic N) is 3. The number of benzene rings is 10. The number of anilines is 3. The summed E-state index contributed by atoms with van der Waals surface area (Å²) >= 11 is 3.57. The van der Waals surface area contributed by atoms with Gasteiger partial charge in [-0.2, -0.15) is 0 Å². The van der Waals surface area contributed by atoms with E-state index in [4.69, 9.17) is 4.74 Å². The number of para-hydroxylation sites is 3. The summed E-state index contributed by atoms with van der Waals surface area (Å²) < 4.78 is 12.1. The van der Waals surface area contributed by atoms with Gasteiger partial charge in [-0.05, 0) is 148 Å². The standard InChI is InChI=1S/C64H46BrN3O/c1-2-44-16-30-53(31-17-44)66(52-10-4-3-5-11-52)54-36-24-48(25-37-54)50-27-39-64-60(41-50)58-13-7-9-15-62(58)68(64)56-34-20-46(21-35-56)43-69-42-45-18-32-55(33-19-45)67-61-14-8-6-12-57(61)59-40-49(26-38-63(59)67)47-22-28-51(65)29-23-47/h2-41H,1,42-43H2. The molecule has 0 fully saturated rings. The molecule has 5 heteroatoms. The number of hydrogen-bond acceptors (Lipinski definition) is 2. The molecule has 4 nitrogen and oxygen atoms in total. The van der Waals surface area contributed by atoms with E-state index in [1.807, 2.05) is 6.08 Å². The quantitative estimate of drug-likeness (QED) is 0.122. The number of fused-ring (bicyclic) bond motifs is 6. The highest BCUT2D eigenvalue weighted by Crippen LogP contribution is 2.39. The highest BCUT2D eigenvalue weighted by molar-refractivity contribution is 9.10. The van der Waals surface area contributed by atoms with Crippen LogP contribution in [0.2, 0.25) is 0 Å². The lowest BCUT2D eigenvalue weighted by Gasteiger charge is -2.25. The van der Waals surface area contributed by atoms with Crippen LogP contribution in [0.15, 0.2) is 248 Å². The van der Waals surface area contributed by atoms with E-state index in [-0.39, 0.29) is 0 Å². The Morgan fingerprint density at radius 2 is 0.797 bits per heavy atom. The lowest BCUT2D eigenvalue weighted by atomic mass is 10.0. The average Bonchev–Trinajstić information content (AvgIpc) is 3.92. The summed E-state index contributed by atoms with van der Waals surface area (Å²) in [6.45, 7) is 4.99. The smallest absolute Gasteiger partial charge is 0.0721 e. The minimum absolute atomic E-state index is 0.523. The lowest BCUT2D eigenvalue weighted by molar-refractivity contribution is 0.107. The molecule has 0 aliphatic heterocycles. The van der Waals surface area contributed by atoms with Crippen molar-refractivity contribution in [3.8, 4) is 33.6 Å². The van der Waals surface area contributed by atoms with Gasteiger partial charge < -0.3 is 18.8 Å². The SMILES string of the molecule is C=Cc1ccc(N(c2ccccc2)c2ccc(-c3ccc4c(c3)c3ccccc3n4-c3ccc(COCc4ccc(-n5c6ccccc6c6cc(-c7ccc(Br)cc7)ccc65)cc4)cc3)cc2)cc1. The van der Waals surface area contributed by atoms with Crippen molar-refractivity contribution in [1.29, 1.82) is 0 Å². The van der Waals surface area contributed by atoms with E-state index in [2.05, 4.69) is 273 Å². The molecule has 0 unspecified atom stereocenters. The predicted molar refractivity (Wildman–Crippen MR) is 293 cm³/mol. The first-order valence-electron chi connectivity index (χ1n) is 23.3. The summed E-state index contributed by atoms with van der Waals surface area (Å²) in [7, 11) is 0. The van der Waals surface area contributed by atoms with Gasteiger partial charge in [-0.15, -0.1) is 0 Å². The monoisotopic (exact) mass is 951 g/mol. The van der Waals surface area contributed by atoms with Crippen LogP contribution in [-0.2, 0) is 18.0 Å². The van der Waals surface area contributed by atoms with Crippen LogP contribution >= 0.6 is 15.9 Å². The number of ether oxygens (including phenoxy) is 1. The predicted octanol–water partition coefficient (Wildman–Crippen LogP) is 17.8. The zero-order chi connectivity index (χ0) is 46.3. The summed E-state index contributed by atoms with van der Waals surface area (Å²) in [6, 6.07) is 85.0. The molecule has 0 aliphatic rings. The van der Waals surface area contributed by atoms with E-state index >= 15 is 0 Å². The largest absolute Gasteiger partial charge is 0.372 e. The van der Waals surface area contributed by atoms with Crippen LogP contribution in [0.25, 0.3) is 83.3 Å². The minimum Gasteiger partial charge on any atom is -0.372 e. The maximum Gasteiger partial charge on any atom is 0.0721 e. The number of halogens is 1. The van der Waals surface area contributed by atoms with Crippen molar-refractivity contribution in [2.45, 2.75) is 13.2 Å². The van der Waals surface area contributed by atoms with Gasteiger partial charge in [0, 0.05) is 54.5 Å². The Hall–Kier alpha value is -8.22. The number of rotatable bonds is 12. The fourth-order valence-electron chi connectivity index (χ4n) is 9.86. The van der Waals surface area contributed by atoms with E-state index < -0.39 is 0 Å². The van der Waals surface area contributed by atoms with Gasteiger partial charge in [0.2, 0.25) is 0 Å². The molecule has 10 aromatic carbocycles. The Kier molecular flexibility index (Phi) is 11.1. The van der Waals surface area contributed by atoms with Crippen molar-refractivity contribution in [1.82, 2.24) is 9.13 Å². The van der Waals surface area contributed by atoms with Crippen LogP contribution < -0.4 is 4.90 Å². The van der Waals surface area contributed by atoms with Gasteiger partial charge in [0.25, 0.3) is 0 Å². The van der Waals surface area contributed by atoms with E-state index in [1.54, 1.807) is 0 Å². The van der Waals surface area contributed by atoms with E-state index in [0.29, 0.717) is 13.2 Å². The van der Waals surface area contributed by atoms with Gasteiger partial charge in [0.15, 0.2) is 0 Å². The fourth-order valence-corrected chi connectivity index (χ4v) is 10.1. The molecular formula is C64H46BrN3O. The molecule has 0 spiro atoms. The summed E-state index contributed by atoms with van der Waals surface area (Å²) in [4.78, 5) is 2.29. The van der Waals surface area contributed by atoms with Crippen molar-refractivity contribution in [3.63, 3.8) is 0 Å². The molecule has 330 valence electrons. The Morgan fingerprint density at radius 1 is 0.391 bits per heavy atom. The van der Waals surface area contributed by atoms with Crippen molar-refractivity contribution in [2.75, 3.05) is 4.90 Å². The molecule has 0 bridgehead atoms.